The number of thiophene rings is 1. The van der Waals surface area contributed by atoms with Crippen LogP contribution >= 0.6 is 11.3 Å². The molecule has 0 aliphatic carbocycles. The molecule has 0 unspecified atom stereocenters. The lowest BCUT2D eigenvalue weighted by Crippen LogP contribution is -2.42. The van der Waals surface area contributed by atoms with Crippen LogP contribution in [0.25, 0.3) is 0 Å². The molecule has 0 N–H and O–H groups in total. The van der Waals surface area contributed by atoms with Crippen LogP contribution in [0.1, 0.15) is 23.0 Å². The minimum absolute atomic E-state index is 0.201. The van der Waals surface area contributed by atoms with Crippen molar-refractivity contribution in [3.63, 3.8) is 0 Å². The molecule has 2 nitrogen and oxygen atoms in total. The van der Waals surface area contributed by atoms with E-state index < -0.39 is 0 Å². The summed E-state index contributed by atoms with van der Waals surface area (Å²) in [6, 6.07) is 12.7. The van der Waals surface area contributed by atoms with Crippen LogP contribution in [0.15, 0.2) is 41.8 Å². The molecule has 1 aromatic heterocycles. The van der Waals surface area contributed by atoms with Gasteiger partial charge in [0.25, 0.3) is 0 Å². The Hall–Kier alpha value is -1.32. The van der Waals surface area contributed by atoms with Gasteiger partial charge in [0.15, 0.2) is 0 Å². The Bertz CT molecular complexity index is 564. The van der Waals surface area contributed by atoms with E-state index in [1.165, 1.54) is 10.4 Å². The molecule has 4 rings (SSSR count). The molecule has 2 aromatic rings. The molecular formula is C16H16O2S. The van der Waals surface area contributed by atoms with E-state index in [0.29, 0.717) is 12.0 Å². The van der Waals surface area contributed by atoms with Crippen LogP contribution in [-0.2, 0) is 11.2 Å². The third-order valence-corrected chi connectivity index (χ3v) is 5.03. The summed E-state index contributed by atoms with van der Waals surface area (Å²) >= 11 is 1.79. The third kappa shape index (κ3) is 1.97. The van der Waals surface area contributed by atoms with Crippen molar-refractivity contribution in [2.75, 3.05) is 6.61 Å². The van der Waals surface area contributed by atoms with Crippen molar-refractivity contribution in [1.29, 1.82) is 0 Å². The van der Waals surface area contributed by atoms with Gasteiger partial charge in [-0.25, -0.2) is 0 Å². The standard InChI is InChI=1S/C16H16O2S/c1-2-5-13-11(4-1)10-12-14(18-13)7-8-17-16(12)15-6-3-9-19-15/h1-6,9,12,14,16H,7-8,10H2/t12-,14-,16+/m0/s1. The van der Waals surface area contributed by atoms with Crippen LogP contribution in [0.5, 0.6) is 5.75 Å². The van der Waals surface area contributed by atoms with E-state index in [1.54, 1.807) is 11.3 Å². The molecule has 2 aliphatic heterocycles. The lowest BCUT2D eigenvalue weighted by atomic mass is 9.83. The first kappa shape index (κ1) is 11.5. The van der Waals surface area contributed by atoms with Gasteiger partial charge < -0.3 is 9.47 Å². The Morgan fingerprint density at radius 2 is 2.05 bits per heavy atom. The summed E-state index contributed by atoms with van der Waals surface area (Å²) in [6.07, 6.45) is 2.56. The van der Waals surface area contributed by atoms with Crippen LogP contribution in [0, 0.1) is 5.92 Å². The minimum atomic E-state index is 0.201. The van der Waals surface area contributed by atoms with E-state index in [9.17, 15) is 0 Å². The molecule has 3 heteroatoms. The lowest BCUT2D eigenvalue weighted by molar-refractivity contribution is -0.0904. The molecule has 0 amide bonds. The smallest absolute Gasteiger partial charge is 0.122 e. The molecule has 19 heavy (non-hydrogen) atoms. The summed E-state index contributed by atoms with van der Waals surface area (Å²) in [5, 5.41) is 2.12. The second-order valence-electron chi connectivity index (χ2n) is 5.23. The first-order valence-electron chi connectivity index (χ1n) is 6.81. The van der Waals surface area contributed by atoms with Crippen molar-refractivity contribution in [3.05, 3.63) is 52.2 Å². The second kappa shape index (κ2) is 4.66. The van der Waals surface area contributed by atoms with Crippen LogP contribution in [-0.4, -0.2) is 12.7 Å². The predicted octanol–water partition coefficient (Wildman–Crippen LogP) is 3.83. The fourth-order valence-corrected chi connectivity index (χ4v) is 4.03. The van der Waals surface area contributed by atoms with Crippen LogP contribution in [0.4, 0.5) is 0 Å². The average molecular weight is 272 g/mol. The number of hydrogen-bond donors (Lipinski definition) is 0. The van der Waals surface area contributed by atoms with E-state index in [2.05, 4.69) is 41.8 Å². The van der Waals surface area contributed by atoms with Crippen molar-refractivity contribution in [1.82, 2.24) is 0 Å². The quantitative estimate of drug-likeness (QED) is 0.785. The normalized spacial score (nSPS) is 29.2. The Balaban J connectivity index is 1.68. The van der Waals surface area contributed by atoms with Gasteiger partial charge in [0.1, 0.15) is 11.9 Å². The maximum absolute atomic E-state index is 6.19. The van der Waals surface area contributed by atoms with Gasteiger partial charge in [-0.1, -0.05) is 24.3 Å². The fourth-order valence-electron chi connectivity index (χ4n) is 3.18. The lowest BCUT2D eigenvalue weighted by Gasteiger charge is -2.41. The van der Waals surface area contributed by atoms with E-state index in [-0.39, 0.29) is 6.10 Å². The number of fused-ring (bicyclic) bond motifs is 2. The Morgan fingerprint density at radius 3 is 2.95 bits per heavy atom. The highest BCUT2D eigenvalue weighted by Gasteiger charge is 2.40. The van der Waals surface area contributed by atoms with Crippen LogP contribution < -0.4 is 4.74 Å². The zero-order chi connectivity index (χ0) is 12.7. The van der Waals surface area contributed by atoms with Gasteiger partial charge >= 0.3 is 0 Å². The Morgan fingerprint density at radius 1 is 1.11 bits per heavy atom. The highest BCUT2D eigenvalue weighted by Crippen LogP contribution is 2.43. The van der Waals surface area contributed by atoms with Gasteiger partial charge in [0.05, 0.1) is 12.7 Å². The molecule has 1 saturated heterocycles. The largest absolute Gasteiger partial charge is 0.490 e. The number of hydrogen-bond acceptors (Lipinski definition) is 3. The van der Waals surface area contributed by atoms with Crippen LogP contribution in [0.2, 0.25) is 0 Å². The first-order chi connectivity index (χ1) is 9.42. The van der Waals surface area contributed by atoms with Crippen molar-refractivity contribution >= 4 is 11.3 Å². The van der Waals surface area contributed by atoms with E-state index in [0.717, 1.165) is 25.2 Å². The molecule has 98 valence electrons. The summed E-state index contributed by atoms with van der Waals surface area (Å²) in [4.78, 5) is 1.33. The number of benzene rings is 1. The molecule has 3 atom stereocenters. The van der Waals surface area contributed by atoms with Crippen molar-refractivity contribution < 1.29 is 9.47 Å². The second-order valence-corrected chi connectivity index (χ2v) is 6.21. The van der Waals surface area contributed by atoms with Gasteiger partial charge in [-0.05, 0) is 29.5 Å². The maximum atomic E-state index is 6.19. The Kier molecular flexibility index (Phi) is 2.82. The number of ether oxygens (including phenoxy) is 2. The molecule has 2 aliphatic rings. The van der Waals surface area contributed by atoms with Gasteiger partial charge in [-0.3, -0.25) is 0 Å². The molecule has 0 spiro atoms. The SMILES string of the molecule is c1csc([C@@H]2OCC[C@@H]3Oc4ccccc4C[C@@H]32)c1. The molecule has 0 saturated carbocycles. The zero-order valence-electron chi connectivity index (χ0n) is 10.6. The molecule has 3 heterocycles. The first-order valence-corrected chi connectivity index (χ1v) is 7.69. The number of para-hydroxylation sites is 1. The average Bonchev–Trinajstić information content (AvgIpc) is 2.98. The molecule has 1 fully saturated rings. The molecular weight excluding hydrogens is 256 g/mol. The van der Waals surface area contributed by atoms with E-state index >= 15 is 0 Å². The highest BCUT2D eigenvalue weighted by atomic mass is 32.1. The van der Waals surface area contributed by atoms with Crippen LogP contribution in [0.3, 0.4) is 0 Å². The predicted molar refractivity (Wildman–Crippen MR) is 75.7 cm³/mol. The van der Waals surface area contributed by atoms with Gasteiger partial charge in [-0.2, -0.15) is 0 Å². The molecule has 0 radical (unpaired) electrons. The molecule has 1 aromatic carbocycles. The topological polar surface area (TPSA) is 18.5 Å². The highest BCUT2D eigenvalue weighted by molar-refractivity contribution is 7.10. The monoisotopic (exact) mass is 272 g/mol. The summed E-state index contributed by atoms with van der Waals surface area (Å²) < 4.78 is 12.2. The van der Waals surface area contributed by atoms with Gasteiger partial charge in [0, 0.05) is 17.2 Å². The third-order valence-electron chi connectivity index (χ3n) is 4.10. The Labute approximate surface area is 117 Å². The molecule has 0 bridgehead atoms. The van der Waals surface area contributed by atoms with Crippen molar-refractivity contribution in [2.45, 2.75) is 25.0 Å². The summed E-state index contributed by atoms with van der Waals surface area (Å²) in [7, 11) is 0. The van der Waals surface area contributed by atoms with Crippen molar-refractivity contribution in [3.8, 4) is 5.75 Å². The van der Waals surface area contributed by atoms with E-state index in [1.807, 2.05) is 0 Å². The fraction of sp³-hybridized carbons (Fsp3) is 0.375. The summed E-state index contributed by atoms with van der Waals surface area (Å²) in [5.41, 5.74) is 1.32. The summed E-state index contributed by atoms with van der Waals surface area (Å²) in [5.74, 6) is 1.51. The number of rotatable bonds is 1. The van der Waals surface area contributed by atoms with Gasteiger partial charge in [0.2, 0.25) is 0 Å². The minimum Gasteiger partial charge on any atom is -0.490 e. The summed E-state index contributed by atoms with van der Waals surface area (Å²) in [6.45, 7) is 0.798. The van der Waals surface area contributed by atoms with Crippen molar-refractivity contribution in [2.24, 2.45) is 5.92 Å². The van der Waals surface area contributed by atoms with Gasteiger partial charge in [-0.15, -0.1) is 11.3 Å². The maximum Gasteiger partial charge on any atom is 0.122 e. The van der Waals surface area contributed by atoms with E-state index in [4.69, 9.17) is 9.47 Å². The zero-order valence-corrected chi connectivity index (χ0v) is 11.4.